The number of aliphatic carboxylic acids is 1. The van der Waals surface area contributed by atoms with Gasteiger partial charge in [-0.05, 0) is 12.8 Å². The smallest absolute Gasteiger partial charge is 0.328 e. The second kappa shape index (κ2) is 8.49. The lowest BCUT2D eigenvalue weighted by Gasteiger charge is -2.26. The van der Waals surface area contributed by atoms with Crippen LogP contribution in [0.5, 0.6) is 0 Å². The molecule has 0 bridgehead atoms. The van der Waals surface area contributed by atoms with Crippen LogP contribution >= 0.6 is 0 Å². The van der Waals surface area contributed by atoms with E-state index in [0.717, 1.165) is 0 Å². The first kappa shape index (κ1) is 18.3. The van der Waals surface area contributed by atoms with Crippen molar-refractivity contribution in [2.45, 2.75) is 45.4 Å². The summed E-state index contributed by atoms with van der Waals surface area (Å²) < 4.78 is 0. The highest BCUT2D eigenvalue weighted by atomic mass is 16.4. The largest absolute Gasteiger partial charge is 0.480 e. The lowest BCUT2D eigenvalue weighted by atomic mass is 9.97. The molecule has 0 fully saturated rings. The Balaban J connectivity index is 4.94. The standard InChI is InChI=1S/C12H23N3O5/c1-4-6(2)9(14-8(17)5-13)11(18)15-10(7(3)16)12(19)20/h6-7,9-10,16H,4-5,13H2,1-3H3,(H,14,17)(H,15,18)(H,19,20)/t6-,7+,9-,10-/m0/s1. The van der Waals surface area contributed by atoms with Gasteiger partial charge in [0.1, 0.15) is 6.04 Å². The van der Waals surface area contributed by atoms with E-state index in [2.05, 4.69) is 10.6 Å². The van der Waals surface area contributed by atoms with Crippen LogP contribution in [0.3, 0.4) is 0 Å². The zero-order chi connectivity index (χ0) is 15.9. The number of carbonyl (C=O) groups is 3. The molecule has 0 heterocycles. The van der Waals surface area contributed by atoms with E-state index < -0.39 is 36.0 Å². The van der Waals surface area contributed by atoms with E-state index in [1.54, 1.807) is 6.92 Å². The van der Waals surface area contributed by atoms with Crippen LogP contribution in [-0.4, -0.2) is 52.7 Å². The number of nitrogens with one attached hydrogen (secondary N) is 2. The predicted molar refractivity (Wildman–Crippen MR) is 71.7 cm³/mol. The van der Waals surface area contributed by atoms with Gasteiger partial charge in [0.05, 0.1) is 12.6 Å². The number of hydrogen-bond acceptors (Lipinski definition) is 5. The van der Waals surface area contributed by atoms with E-state index >= 15 is 0 Å². The molecule has 0 aromatic carbocycles. The average Bonchev–Trinajstić information content (AvgIpc) is 2.39. The van der Waals surface area contributed by atoms with Crippen LogP contribution in [0.4, 0.5) is 0 Å². The van der Waals surface area contributed by atoms with Gasteiger partial charge in [-0.1, -0.05) is 20.3 Å². The van der Waals surface area contributed by atoms with E-state index in [4.69, 9.17) is 10.8 Å². The first-order chi connectivity index (χ1) is 9.24. The molecule has 0 saturated heterocycles. The minimum atomic E-state index is -1.43. The Bertz CT molecular complexity index is 359. The maximum absolute atomic E-state index is 12.1. The lowest BCUT2D eigenvalue weighted by molar-refractivity contribution is -0.145. The summed E-state index contributed by atoms with van der Waals surface area (Å²) in [6.45, 7) is 4.58. The summed E-state index contributed by atoms with van der Waals surface area (Å²) in [6, 6.07) is -2.32. The number of aliphatic hydroxyl groups excluding tert-OH is 1. The van der Waals surface area contributed by atoms with Gasteiger partial charge in [0.2, 0.25) is 11.8 Å². The molecule has 116 valence electrons. The van der Waals surface area contributed by atoms with Gasteiger partial charge in [-0.25, -0.2) is 4.79 Å². The minimum Gasteiger partial charge on any atom is -0.480 e. The SMILES string of the molecule is CC[C@H](C)[C@H](NC(=O)CN)C(=O)N[C@H](C(=O)O)[C@@H](C)O. The molecular weight excluding hydrogens is 266 g/mol. The third kappa shape index (κ3) is 5.54. The second-order valence-electron chi connectivity index (χ2n) is 4.70. The first-order valence-corrected chi connectivity index (χ1v) is 6.45. The first-order valence-electron chi connectivity index (χ1n) is 6.45. The number of nitrogens with two attached hydrogens (primary N) is 1. The van der Waals surface area contributed by atoms with Gasteiger partial charge in [-0.2, -0.15) is 0 Å². The highest BCUT2D eigenvalue weighted by Gasteiger charge is 2.31. The molecule has 0 radical (unpaired) electrons. The Morgan fingerprint density at radius 3 is 2.05 bits per heavy atom. The Morgan fingerprint density at radius 2 is 1.70 bits per heavy atom. The van der Waals surface area contributed by atoms with Crippen molar-refractivity contribution in [1.29, 1.82) is 0 Å². The summed E-state index contributed by atoms with van der Waals surface area (Å²) in [7, 11) is 0. The fourth-order valence-electron chi connectivity index (χ4n) is 1.57. The van der Waals surface area contributed by atoms with Gasteiger partial charge in [-0.15, -0.1) is 0 Å². The van der Waals surface area contributed by atoms with Gasteiger partial charge in [0.15, 0.2) is 6.04 Å². The molecule has 0 aromatic rings. The van der Waals surface area contributed by atoms with Crippen LogP contribution in [0, 0.1) is 5.92 Å². The lowest BCUT2D eigenvalue weighted by Crippen LogP contribution is -2.57. The second-order valence-corrected chi connectivity index (χ2v) is 4.70. The quantitative estimate of drug-likeness (QED) is 0.365. The van der Waals surface area contributed by atoms with E-state index in [-0.39, 0.29) is 12.5 Å². The van der Waals surface area contributed by atoms with Crippen LogP contribution in [0.25, 0.3) is 0 Å². The third-order valence-corrected chi connectivity index (χ3v) is 3.04. The van der Waals surface area contributed by atoms with Crippen molar-refractivity contribution in [3.63, 3.8) is 0 Å². The van der Waals surface area contributed by atoms with Crippen molar-refractivity contribution in [3.05, 3.63) is 0 Å². The maximum atomic E-state index is 12.1. The zero-order valence-electron chi connectivity index (χ0n) is 11.9. The molecule has 20 heavy (non-hydrogen) atoms. The van der Waals surface area contributed by atoms with Crippen LogP contribution in [0.15, 0.2) is 0 Å². The highest BCUT2D eigenvalue weighted by molar-refractivity contribution is 5.91. The zero-order valence-corrected chi connectivity index (χ0v) is 11.9. The van der Waals surface area contributed by atoms with Crippen molar-refractivity contribution in [1.82, 2.24) is 10.6 Å². The topological polar surface area (TPSA) is 142 Å². The number of carbonyl (C=O) groups excluding carboxylic acids is 2. The molecule has 0 aromatic heterocycles. The number of hydrogen-bond donors (Lipinski definition) is 5. The highest BCUT2D eigenvalue weighted by Crippen LogP contribution is 2.08. The minimum absolute atomic E-state index is 0.200. The number of aliphatic hydroxyl groups is 1. The third-order valence-electron chi connectivity index (χ3n) is 3.04. The van der Waals surface area contributed by atoms with E-state index in [1.807, 2.05) is 6.92 Å². The molecule has 4 atom stereocenters. The molecule has 0 saturated carbocycles. The van der Waals surface area contributed by atoms with Gasteiger partial charge in [0.25, 0.3) is 0 Å². The van der Waals surface area contributed by atoms with E-state index in [1.165, 1.54) is 6.92 Å². The summed E-state index contributed by atoms with van der Waals surface area (Å²) in [4.78, 5) is 34.3. The summed E-state index contributed by atoms with van der Waals surface area (Å²) in [6.07, 6.45) is -0.644. The van der Waals surface area contributed by atoms with Crippen molar-refractivity contribution < 1.29 is 24.6 Å². The molecular formula is C12H23N3O5. The van der Waals surface area contributed by atoms with Crippen molar-refractivity contribution in [2.75, 3.05) is 6.54 Å². The molecule has 0 spiro atoms. The molecule has 2 amide bonds. The van der Waals surface area contributed by atoms with Crippen LogP contribution in [0.1, 0.15) is 27.2 Å². The Morgan fingerprint density at radius 1 is 1.15 bits per heavy atom. The van der Waals surface area contributed by atoms with Gasteiger partial charge in [0, 0.05) is 0 Å². The van der Waals surface area contributed by atoms with E-state index in [9.17, 15) is 19.5 Å². The Kier molecular flexibility index (Phi) is 7.78. The van der Waals surface area contributed by atoms with Crippen molar-refractivity contribution in [2.24, 2.45) is 11.7 Å². The molecule has 0 aliphatic heterocycles. The predicted octanol–water partition coefficient (Wildman–Crippen LogP) is -1.57. The van der Waals surface area contributed by atoms with Crippen molar-refractivity contribution >= 4 is 17.8 Å². The molecule has 8 heteroatoms. The summed E-state index contributed by atoms with van der Waals surface area (Å²) in [5.74, 6) is -2.71. The van der Waals surface area contributed by atoms with Crippen molar-refractivity contribution in [3.8, 4) is 0 Å². The summed E-state index contributed by atoms with van der Waals surface area (Å²) >= 11 is 0. The number of carboxylic acid groups (broad SMARTS) is 1. The molecule has 0 aliphatic rings. The maximum Gasteiger partial charge on any atom is 0.328 e. The fourth-order valence-corrected chi connectivity index (χ4v) is 1.57. The van der Waals surface area contributed by atoms with Gasteiger partial charge >= 0.3 is 5.97 Å². The summed E-state index contributed by atoms with van der Waals surface area (Å²) in [5, 5.41) is 22.9. The molecule has 8 nitrogen and oxygen atoms in total. The monoisotopic (exact) mass is 289 g/mol. The van der Waals surface area contributed by atoms with Gasteiger partial charge in [-0.3, -0.25) is 9.59 Å². The Hall–Kier alpha value is -1.67. The van der Waals surface area contributed by atoms with E-state index in [0.29, 0.717) is 6.42 Å². The molecule has 0 rings (SSSR count). The Labute approximate surface area is 117 Å². The number of carboxylic acids is 1. The van der Waals surface area contributed by atoms with Crippen LogP contribution in [-0.2, 0) is 14.4 Å². The average molecular weight is 289 g/mol. The number of amides is 2. The van der Waals surface area contributed by atoms with Crippen LogP contribution in [0.2, 0.25) is 0 Å². The summed E-state index contributed by atoms with van der Waals surface area (Å²) in [5.41, 5.74) is 5.18. The fraction of sp³-hybridized carbons (Fsp3) is 0.750. The van der Waals surface area contributed by atoms with Gasteiger partial charge < -0.3 is 26.6 Å². The van der Waals surface area contributed by atoms with Crippen LogP contribution < -0.4 is 16.4 Å². The normalized spacial score (nSPS) is 16.6. The molecule has 0 aliphatic carbocycles. The molecule has 0 unspecified atom stereocenters. The number of rotatable bonds is 8. The molecule has 6 N–H and O–H groups in total.